The van der Waals surface area contributed by atoms with Gasteiger partial charge in [0.25, 0.3) is 0 Å². The first-order chi connectivity index (χ1) is 19.2. The first-order valence-corrected chi connectivity index (χ1v) is 15.6. The Bertz CT molecular complexity index is 992. The molecule has 0 saturated heterocycles. The van der Waals surface area contributed by atoms with Crippen molar-refractivity contribution in [3.05, 3.63) is 35.9 Å². The van der Waals surface area contributed by atoms with Crippen molar-refractivity contribution in [1.82, 2.24) is 10.6 Å². The van der Waals surface area contributed by atoms with E-state index in [1.54, 1.807) is 32.5 Å². The Morgan fingerprint density at radius 2 is 1.59 bits per heavy atom. The van der Waals surface area contributed by atoms with Crippen LogP contribution in [0, 0.1) is 17.8 Å². The molecule has 2 amide bonds. The number of nitrogens with one attached hydrogen (secondary N) is 2. The Morgan fingerprint density at radius 1 is 0.927 bits per heavy atom. The van der Waals surface area contributed by atoms with Gasteiger partial charge >= 0.3 is 11.9 Å². The van der Waals surface area contributed by atoms with Crippen LogP contribution in [-0.4, -0.2) is 66.8 Å². The van der Waals surface area contributed by atoms with E-state index in [1.807, 2.05) is 50.4 Å². The molecule has 41 heavy (non-hydrogen) atoms. The molecule has 0 aliphatic carbocycles. The number of carbonyl (C=O) groups is 5. The van der Waals surface area contributed by atoms with E-state index in [2.05, 4.69) is 15.4 Å². The lowest BCUT2D eigenvalue weighted by Gasteiger charge is -2.26. The summed E-state index contributed by atoms with van der Waals surface area (Å²) >= 11 is 1.57. The summed E-state index contributed by atoms with van der Waals surface area (Å²) in [5.74, 6) is -2.42. The van der Waals surface area contributed by atoms with E-state index in [0.29, 0.717) is 25.0 Å². The number of rotatable bonds is 18. The van der Waals surface area contributed by atoms with Gasteiger partial charge in [-0.1, -0.05) is 44.2 Å². The lowest BCUT2D eigenvalue weighted by molar-refractivity contribution is -0.157. The molecule has 0 aliphatic heterocycles. The highest BCUT2D eigenvalue weighted by Crippen LogP contribution is 2.20. The van der Waals surface area contributed by atoms with Gasteiger partial charge in [-0.15, -0.1) is 0 Å². The number of ether oxygens (including phenoxy) is 2. The maximum absolute atomic E-state index is 13.6. The molecule has 0 radical (unpaired) electrons. The summed E-state index contributed by atoms with van der Waals surface area (Å²) in [6, 6.07) is 8.58. The average Bonchev–Trinajstić information content (AvgIpc) is 2.89. The normalized spacial score (nSPS) is 13.6. The molecule has 1 aromatic rings. The highest BCUT2D eigenvalue weighted by Gasteiger charge is 2.31. The number of esters is 2. The van der Waals surface area contributed by atoms with Crippen LogP contribution in [0.15, 0.2) is 30.3 Å². The SMILES string of the molecule is COC(=O)CCNC(=O)[C@@H](CC(=O)[C@H](CC(C)C)NC(=O)[C@H](CCSC)CC(=O)OC(C)(C)C)Cc1ccccc1. The molecule has 0 saturated carbocycles. The quantitative estimate of drug-likeness (QED) is 0.244. The van der Waals surface area contributed by atoms with E-state index in [4.69, 9.17) is 4.74 Å². The molecule has 0 bridgehead atoms. The first kappa shape index (κ1) is 36.1. The highest BCUT2D eigenvalue weighted by atomic mass is 32.2. The fraction of sp³-hybridized carbons (Fsp3) is 0.645. The maximum Gasteiger partial charge on any atom is 0.307 e. The second-order valence-corrected chi connectivity index (χ2v) is 12.6. The lowest BCUT2D eigenvalue weighted by atomic mass is 9.88. The zero-order chi connectivity index (χ0) is 31.0. The van der Waals surface area contributed by atoms with E-state index in [1.165, 1.54) is 7.11 Å². The van der Waals surface area contributed by atoms with Crippen molar-refractivity contribution >= 4 is 41.3 Å². The van der Waals surface area contributed by atoms with E-state index in [0.717, 1.165) is 5.56 Å². The monoisotopic (exact) mass is 592 g/mol. The molecule has 0 spiro atoms. The van der Waals surface area contributed by atoms with Gasteiger partial charge in [-0.25, -0.2) is 0 Å². The van der Waals surface area contributed by atoms with Crippen molar-refractivity contribution in [3.8, 4) is 0 Å². The van der Waals surface area contributed by atoms with Crippen molar-refractivity contribution < 1.29 is 33.4 Å². The molecule has 0 heterocycles. The minimum absolute atomic E-state index is 0.0232. The summed E-state index contributed by atoms with van der Waals surface area (Å²) in [5, 5.41) is 5.64. The summed E-state index contributed by atoms with van der Waals surface area (Å²) in [5.41, 5.74) is 0.228. The zero-order valence-electron chi connectivity index (χ0n) is 25.6. The minimum atomic E-state index is -0.806. The predicted octanol–water partition coefficient (Wildman–Crippen LogP) is 4.12. The Labute approximate surface area is 249 Å². The molecule has 10 heteroatoms. The van der Waals surface area contributed by atoms with Crippen LogP contribution in [0.2, 0.25) is 0 Å². The van der Waals surface area contributed by atoms with Crippen LogP contribution < -0.4 is 10.6 Å². The molecule has 2 N–H and O–H groups in total. The average molecular weight is 593 g/mol. The van der Waals surface area contributed by atoms with Crippen LogP contribution in [0.25, 0.3) is 0 Å². The van der Waals surface area contributed by atoms with Crippen LogP contribution in [0.3, 0.4) is 0 Å². The minimum Gasteiger partial charge on any atom is -0.469 e. The van der Waals surface area contributed by atoms with E-state index in [9.17, 15) is 24.0 Å². The van der Waals surface area contributed by atoms with Crippen molar-refractivity contribution in [2.45, 2.75) is 84.8 Å². The number of ketones is 1. The van der Waals surface area contributed by atoms with E-state index in [-0.39, 0.29) is 49.3 Å². The number of hydrogen-bond acceptors (Lipinski definition) is 8. The third-order valence-electron chi connectivity index (χ3n) is 6.29. The predicted molar refractivity (Wildman–Crippen MR) is 161 cm³/mol. The second-order valence-electron chi connectivity index (χ2n) is 11.6. The number of benzene rings is 1. The molecule has 9 nitrogen and oxygen atoms in total. The van der Waals surface area contributed by atoms with Crippen LogP contribution in [0.1, 0.15) is 72.3 Å². The Kier molecular flexibility index (Phi) is 16.3. The number of methoxy groups -OCH3 is 1. The Hall–Kier alpha value is -2.88. The topological polar surface area (TPSA) is 128 Å². The lowest BCUT2D eigenvalue weighted by Crippen LogP contribution is -2.46. The molecule has 230 valence electrons. The van der Waals surface area contributed by atoms with Gasteiger partial charge in [-0.2, -0.15) is 11.8 Å². The smallest absolute Gasteiger partial charge is 0.307 e. The van der Waals surface area contributed by atoms with E-state index >= 15 is 0 Å². The second kappa shape index (κ2) is 18.5. The van der Waals surface area contributed by atoms with Gasteiger partial charge in [0.1, 0.15) is 5.60 Å². The molecule has 1 aromatic carbocycles. The van der Waals surface area contributed by atoms with Crippen molar-refractivity contribution in [2.75, 3.05) is 25.7 Å². The van der Waals surface area contributed by atoms with Crippen LogP contribution in [0.4, 0.5) is 0 Å². The fourth-order valence-electron chi connectivity index (χ4n) is 4.28. The molecular formula is C31H48N2O7S. The fourth-order valence-corrected chi connectivity index (χ4v) is 4.80. The van der Waals surface area contributed by atoms with Crippen LogP contribution in [0.5, 0.6) is 0 Å². The Morgan fingerprint density at radius 3 is 2.15 bits per heavy atom. The van der Waals surface area contributed by atoms with Gasteiger partial charge < -0.3 is 20.1 Å². The van der Waals surface area contributed by atoms with Gasteiger partial charge in [0.15, 0.2) is 5.78 Å². The van der Waals surface area contributed by atoms with E-state index < -0.39 is 35.4 Å². The van der Waals surface area contributed by atoms with Gasteiger partial charge in [-0.05, 0) is 63.5 Å². The van der Waals surface area contributed by atoms with Crippen LogP contribution >= 0.6 is 11.8 Å². The summed E-state index contributed by atoms with van der Waals surface area (Å²) in [7, 11) is 1.28. The summed E-state index contributed by atoms with van der Waals surface area (Å²) < 4.78 is 10.1. The van der Waals surface area contributed by atoms with Crippen molar-refractivity contribution in [3.63, 3.8) is 0 Å². The standard InChI is InChI=1S/C31H48N2O7S/c1-21(2)17-25(33-30(38)23(14-16-41-7)20-28(36)40-31(3,4)5)26(34)19-24(18-22-11-9-8-10-12-22)29(37)32-15-13-27(35)39-6/h8-12,21,23-25H,13-20H2,1-7H3,(H,32,37)(H,33,38)/t23-,24-,25+/m1/s1. The summed E-state index contributed by atoms with van der Waals surface area (Å²) in [6.45, 7) is 9.33. The van der Waals surface area contributed by atoms with Gasteiger partial charge in [-0.3, -0.25) is 24.0 Å². The molecular weight excluding hydrogens is 544 g/mol. The largest absolute Gasteiger partial charge is 0.469 e. The summed E-state index contributed by atoms with van der Waals surface area (Å²) in [4.78, 5) is 64.2. The third kappa shape index (κ3) is 15.6. The number of amides is 2. The molecule has 1 rings (SSSR count). The maximum atomic E-state index is 13.6. The summed E-state index contributed by atoms with van der Waals surface area (Å²) in [6.07, 6.45) is 2.98. The van der Waals surface area contributed by atoms with Gasteiger partial charge in [0.05, 0.1) is 26.0 Å². The first-order valence-electron chi connectivity index (χ1n) is 14.2. The molecule has 0 fully saturated rings. The molecule has 0 aliphatic rings. The molecule has 0 aromatic heterocycles. The van der Waals surface area contributed by atoms with Crippen LogP contribution in [-0.2, 0) is 39.9 Å². The van der Waals surface area contributed by atoms with Gasteiger partial charge in [0, 0.05) is 24.8 Å². The Balaban J connectivity index is 3.08. The number of hydrogen-bond donors (Lipinski definition) is 2. The highest BCUT2D eigenvalue weighted by molar-refractivity contribution is 7.98. The van der Waals surface area contributed by atoms with Crippen molar-refractivity contribution in [1.29, 1.82) is 0 Å². The van der Waals surface area contributed by atoms with Crippen molar-refractivity contribution in [2.24, 2.45) is 17.8 Å². The molecule has 0 unspecified atom stereocenters. The third-order valence-corrected chi connectivity index (χ3v) is 6.93. The number of thioether (sulfide) groups is 1. The number of Topliss-reactive ketones (excluding diaryl/α,β-unsaturated/α-hetero) is 1. The zero-order valence-corrected chi connectivity index (χ0v) is 26.4. The van der Waals surface area contributed by atoms with Gasteiger partial charge in [0.2, 0.25) is 11.8 Å². The molecule has 3 atom stereocenters. The number of carbonyl (C=O) groups excluding carboxylic acids is 5.